The van der Waals surface area contributed by atoms with Gasteiger partial charge in [0.1, 0.15) is 0 Å². The Bertz CT molecular complexity index is 976. The number of aromatic nitrogens is 1. The molecule has 4 aromatic rings. The first-order valence-electron chi connectivity index (χ1n) is 7.02. The van der Waals surface area contributed by atoms with Crippen molar-refractivity contribution in [3.8, 4) is 11.1 Å². The number of H-pyrrole nitrogens is 1. The van der Waals surface area contributed by atoms with E-state index in [4.69, 9.17) is 0 Å². The molecule has 0 fully saturated rings. The number of para-hydroxylation sites is 1. The first kappa shape index (κ1) is 19.5. The molecule has 1 aliphatic carbocycles. The summed E-state index contributed by atoms with van der Waals surface area (Å²) in [5, 5.41) is 2.66. The Hall–Kier alpha value is -2.54. The summed E-state index contributed by atoms with van der Waals surface area (Å²) >= 11 is 0. The van der Waals surface area contributed by atoms with Gasteiger partial charge in [-0.05, 0) is 46.9 Å². The molecule has 0 bridgehead atoms. The first-order valence-corrected chi connectivity index (χ1v) is 7.02. The molecule has 0 amide bonds. The average molecular weight is 319 g/mol. The van der Waals surface area contributed by atoms with Crippen LogP contribution < -0.4 is 0 Å². The van der Waals surface area contributed by atoms with E-state index < -0.39 is 0 Å². The quantitative estimate of drug-likeness (QED) is 0.305. The number of hydrogen-bond donors (Lipinski definition) is 1. The lowest BCUT2D eigenvalue weighted by molar-refractivity contribution is 1.27. The molecule has 0 saturated heterocycles. The van der Waals surface area contributed by atoms with Crippen molar-refractivity contribution in [1.82, 2.24) is 4.98 Å². The van der Waals surface area contributed by atoms with E-state index in [9.17, 15) is 0 Å². The molecule has 1 aliphatic rings. The Morgan fingerprint density at radius 3 is 2.12 bits per heavy atom. The highest BCUT2D eigenvalue weighted by Gasteiger charge is 2.19. The first-order chi connectivity index (χ1) is 9.90. The van der Waals surface area contributed by atoms with Gasteiger partial charge in [-0.25, -0.2) is 0 Å². The minimum absolute atomic E-state index is 0. The summed E-state index contributed by atoms with van der Waals surface area (Å²) in [5.41, 5.74) is 8.13. The molecule has 24 heavy (non-hydrogen) atoms. The fraction of sp³-hybridized carbons (Fsp3) is 0.217. The third kappa shape index (κ3) is 2.50. The molecule has 126 valence electrons. The molecule has 1 aromatic heterocycles. The summed E-state index contributed by atoms with van der Waals surface area (Å²) in [6, 6.07) is 21.9. The number of benzene rings is 3. The van der Waals surface area contributed by atoms with Gasteiger partial charge in [-0.3, -0.25) is 0 Å². The Morgan fingerprint density at radius 1 is 0.583 bits per heavy atom. The maximum Gasteiger partial charge on any atom is 0.0471 e. The Labute approximate surface area is 146 Å². The molecule has 1 heterocycles. The standard InChI is InChI=1S/C19H13N.4CH4/c1-2-6-14-12(5-1)9-13-10-17-15-7-3-4-8-18(15)20-19(17)11-16(13)14;;;;/h1-8,10-11,20H,9H2;4*1H4. The predicted molar refractivity (Wildman–Crippen MR) is 111 cm³/mol. The highest BCUT2D eigenvalue weighted by Crippen LogP contribution is 2.40. The topological polar surface area (TPSA) is 15.8 Å². The van der Waals surface area contributed by atoms with Crippen LogP contribution in [0.2, 0.25) is 0 Å². The second-order valence-electron chi connectivity index (χ2n) is 5.56. The summed E-state index contributed by atoms with van der Waals surface area (Å²) in [7, 11) is 0. The van der Waals surface area contributed by atoms with Crippen molar-refractivity contribution in [2.24, 2.45) is 0 Å². The maximum absolute atomic E-state index is 3.54. The van der Waals surface area contributed by atoms with Gasteiger partial charge in [-0.2, -0.15) is 0 Å². The smallest absolute Gasteiger partial charge is 0.0471 e. The molecule has 0 spiro atoms. The minimum Gasteiger partial charge on any atom is -0.354 e. The molecule has 0 aliphatic heterocycles. The number of hydrogen-bond acceptors (Lipinski definition) is 0. The lowest BCUT2D eigenvalue weighted by Crippen LogP contribution is -1.80. The molecular formula is C23H29N. The molecule has 5 rings (SSSR count). The molecular weight excluding hydrogens is 290 g/mol. The van der Waals surface area contributed by atoms with Crippen molar-refractivity contribution >= 4 is 21.8 Å². The zero-order chi connectivity index (χ0) is 13.1. The Balaban J connectivity index is 0.000000720. The molecule has 1 heteroatoms. The molecule has 0 atom stereocenters. The summed E-state index contributed by atoms with van der Waals surface area (Å²) < 4.78 is 0. The van der Waals surface area contributed by atoms with E-state index in [1.807, 2.05) is 0 Å². The van der Waals surface area contributed by atoms with Gasteiger partial charge in [0.25, 0.3) is 0 Å². The second kappa shape index (κ2) is 6.92. The van der Waals surface area contributed by atoms with Crippen LogP contribution in [-0.2, 0) is 6.42 Å². The fourth-order valence-corrected chi connectivity index (χ4v) is 3.48. The van der Waals surface area contributed by atoms with E-state index >= 15 is 0 Å². The van der Waals surface area contributed by atoms with Crippen molar-refractivity contribution in [3.05, 3.63) is 71.8 Å². The van der Waals surface area contributed by atoms with Crippen LogP contribution >= 0.6 is 0 Å². The summed E-state index contributed by atoms with van der Waals surface area (Å²) in [6.07, 6.45) is 1.06. The zero-order valence-electron chi connectivity index (χ0n) is 11.0. The van der Waals surface area contributed by atoms with Gasteiger partial charge in [-0.1, -0.05) is 72.2 Å². The molecule has 1 nitrogen and oxygen atoms in total. The van der Waals surface area contributed by atoms with E-state index in [1.165, 1.54) is 44.1 Å². The average Bonchev–Trinajstić information content (AvgIpc) is 3.02. The third-order valence-corrected chi connectivity index (χ3v) is 4.42. The highest BCUT2D eigenvalue weighted by atomic mass is 14.7. The largest absolute Gasteiger partial charge is 0.354 e. The molecule has 0 unspecified atom stereocenters. The summed E-state index contributed by atoms with van der Waals surface area (Å²) in [6.45, 7) is 0. The van der Waals surface area contributed by atoms with Crippen LogP contribution in [0, 0.1) is 0 Å². The van der Waals surface area contributed by atoms with E-state index in [0.717, 1.165) is 6.42 Å². The Morgan fingerprint density at radius 2 is 1.29 bits per heavy atom. The molecule has 1 N–H and O–H groups in total. The van der Waals surface area contributed by atoms with E-state index in [1.54, 1.807) is 0 Å². The van der Waals surface area contributed by atoms with Gasteiger partial charge in [-0.15, -0.1) is 0 Å². The van der Waals surface area contributed by atoms with E-state index in [0.29, 0.717) is 0 Å². The van der Waals surface area contributed by atoms with Crippen LogP contribution in [0.15, 0.2) is 60.7 Å². The van der Waals surface area contributed by atoms with Gasteiger partial charge in [0, 0.05) is 21.8 Å². The summed E-state index contributed by atoms with van der Waals surface area (Å²) in [5.74, 6) is 0. The lowest BCUT2D eigenvalue weighted by atomic mass is 10.0. The van der Waals surface area contributed by atoms with Gasteiger partial charge in [0.2, 0.25) is 0 Å². The SMILES string of the molecule is C.C.C.C.c1ccc2c(c1)Cc1cc3c(cc1-2)[nH]c1ccccc13. The summed E-state index contributed by atoms with van der Waals surface area (Å²) in [4.78, 5) is 3.54. The number of rotatable bonds is 0. The highest BCUT2D eigenvalue weighted by molar-refractivity contribution is 6.09. The van der Waals surface area contributed by atoms with E-state index in [2.05, 4.69) is 65.6 Å². The van der Waals surface area contributed by atoms with E-state index in [-0.39, 0.29) is 29.7 Å². The third-order valence-electron chi connectivity index (χ3n) is 4.42. The predicted octanol–water partition coefficient (Wildman–Crippen LogP) is 7.44. The normalized spacial score (nSPS) is 10.7. The van der Waals surface area contributed by atoms with Crippen molar-refractivity contribution in [2.45, 2.75) is 36.1 Å². The van der Waals surface area contributed by atoms with Crippen molar-refractivity contribution < 1.29 is 0 Å². The number of nitrogens with one attached hydrogen (secondary N) is 1. The van der Waals surface area contributed by atoms with Crippen molar-refractivity contribution in [1.29, 1.82) is 0 Å². The lowest BCUT2D eigenvalue weighted by Gasteiger charge is -2.01. The second-order valence-corrected chi connectivity index (χ2v) is 5.56. The van der Waals surface area contributed by atoms with Gasteiger partial charge in [0.05, 0.1) is 0 Å². The van der Waals surface area contributed by atoms with Gasteiger partial charge in [0.15, 0.2) is 0 Å². The maximum atomic E-state index is 3.54. The molecule has 0 radical (unpaired) electrons. The monoisotopic (exact) mass is 319 g/mol. The van der Waals surface area contributed by atoms with Gasteiger partial charge < -0.3 is 4.98 Å². The van der Waals surface area contributed by atoms with Gasteiger partial charge >= 0.3 is 0 Å². The van der Waals surface area contributed by atoms with Crippen LogP contribution in [-0.4, -0.2) is 4.98 Å². The van der Waals surface area contributed by atoms with Crippen LogP contribution in [0.5, 0.6) is 0 Å². The van der Waals surface area contributed by atoms with Crippen LogP contribution in [0.4, 0.5) is 0 Å². The molecule has 3 aromatic carbocycles. The minimum atomic E-state index is 0. The fourth-order valence-electron chi connectivity index (χ4n) is 3.48. The van der Waals surface area contributed by atoms with Crippen molar-refractivity contribution in [3.63, 3.8) is 0 Å². The van der Waals surface area contributed by atoms with Crippen LogP contribution in [0.3, 0.4) is 0 Å². The van der Waals surface area contributed by atoms with Crippen LogP contribution in [0.1, 0.15) is 40.8 Å². The molecule has 0 saturated carbocycles. The Kier molecular flexibility index (Phi) is 5.62. The number of aromatic amines is 1. The zero-order valence-corrected chi connectivity index (χ0v) is 11.0. The van der Waals surface area contributed by atoms with Crippen LogP contribution in [0.25, 0.3) is 32.9 Å². The van der Waals surface area contributed by atoms with Crippen molar-refractivity contribution in [2.75, 3.05) is 0 Å². The number of fused-ring (bicyclic) bond motifs is 6.